The first-order valence-electron chi connectivity index (χ1n) is 8.88. The Bertz CT molecular complexity index is 921. The van der Waals surface area contributed by atoms with E-state index in [0.29, 0.717) is 6.61 Å². The quantitative estimate of drug-likeness (QED) is 0.478. The highest BCUT2D eigenvalue weighted by Crippen LogP contribution is 2.15. The Morgan fingerprint density at radius 3 is 2.43 bits per heavy atom. The van der Waals surface area contributed by atoms with E-state index < -0.39 is 5.97 Å². The van der Waals surface area contributed by atoms with Gasteiger partial charge in [-0.3, -0.25) is 4.98 Å². The molecule has 0 unspecified atom stereocenters. The van der Waals surface area contributed by atoms with Crippen LogP contribution in [0.15, 0.2) is 79.1 Å². The van der Waals surface area contributed by atoms with Crippen molar-refractivity contribution in [2.75, 3.05) is 0 Å². The van der Waals surface area contributed by atoms with Crippen LogP contribution in [0.25, 0.3) is 6.08 Å². The Morgan fingerprint density at radius 1 is 0.929 bits per heavy atom. The predicted molar refractivity (Wildman–Crippen MR) is 106 cm³/mol. The Kier molecular flexibility index (Phi) is 6.93. The molecular formula is C23H21NO4. The van der Waals surface area contributed by atoms with Gasteiger partial charge in [-0.15, -0.1) is 0 Å². The van der Waals surface area contributed by atoms with E-state index in [1.807, 2.05) is 60.7 Å². The lowest BCUT2D eigenvalue weighted by atomic mass is 10.1. The second-order valence-corrected chi connectivity index (χ2v) is 6.13. The fourth-order valence-electron chi connectivity index (χ4n) is 2.49. The third kappa shape index (κ3) is 6.07. The summed E-state index contributed by atoms with van der Waals surface area (Å²) in [7, 11) is 0. The molecule has 1 aromatic heterocycles. The highest BCUT2D eigenvalue weighted by Gasteiger charge is 2.01. The first-order chi connectivity index (χ1) is 13.7. The van der Waals surface area contributed by atoms with E-state index in [1.54, 1.807) is 18.5 Å². The Labute approximate surface area is 163 Å². The molecule has 0 amide bonds. The van der Waals surface area contributed by atoms with Gasteiger partial charge >= 0.3 is 5.97 Å². The van der Waals surface area contributed by atoms with Gasteiger partial charge in [-0.05, 0) is 58.7 Å². The molecule has 1 heterocycles. The molecule has 0 saturated carbocycles. The fraction of sp³-hybridized carbons (Fsp3) is 0.130. The van der Waals surface area contributed by atoms with Gasteiger partial charge in [0.05, 0.1) is 6.61 Å². The first kappa shape index (κ1) is 19.3. The lowest BCUT2D eigenvalue weighted by Crippen LogP contribution is -2.01. The molecule has 0 atom stereocenters. The van der Waals surface area contributed by atoms with Gasteiger partial charge in [0.25, 0.3) is 0 Å². The second kappa shape index (κ2) is 10.0. The van der Waals surface area contributed by atoms with Crippen molar-refractivity contribution in [3.8, 4) is 5.75 Å². The normalized spacial score (nSPS) is 10.8. The van der Waals surface area contributed by atoms with Crippen molar-refractivity contribution >= 4 is 12.0 Å². The smallest absolute Gasteiger partial charge is 0.331 e. The Hall–Kier alpha value is -3.44. The maximum absolute atomic E-state index is 11.9. The molecule has 1 N–H and O–H groups in total. The van der Waals surface area contributed by atoms with Gasteiger partial charge in [0, 0.05) is 18.5 Å². The summed E-state index contributed by atoms with van der Waals surface area (Å²) >= 11 is 0. The van der Waals surface area contributed by atoms with Crippen LogP contribution >= 0.6 is 0 Å². The molecule has 0 bridgehead atoms. The number of nitrogens with zero attached hydrogens (tertiary/aromatic N) is 1. The van der Waals surface area contributed by atoms with Gasteiger partial charge in [0.1, 0.15) is 19.0 Å². The van der Waals surface area contributed by atoms with E-state index in [2.05, 4.69) is 4.98 Å². The van der Waals surface area contributed by atoms with Gasteiger partial charge in [0.15, 0.2) is 0 Å². The fourth-order valence-corrected chi connectivity index (χ4v) is 2.49. The van der Waals surface area contributed by atoms with Crippen molar-refractivity contribution in [1.29, 1.82) is 0 Å². The third-order valence-electron chi connectivity index (χ3n) is 4.00. The van der Waals surface area contributed by atoms with Crippen molar-refractivity contribution in [2.45, 2.75) is 19.8 Å². The summed E-state index contributed by atoms with van der Waals surface area (Å²) in [5.41, 5.74) is 3.55. The first-order valence-corrected chi connectivity index (χ1v) is 8.88. The number of esters is 1. The average molecular weight is 375 g/mol. The van der Waals surface area contributed by atoms with Crippen LogP contribution in [0.3, 0.4) is 0 Å². The zero-order valence-corrected chi connectivity index (χ0v) is 15.3. The zero-order chi connectivity index (χ0) is 19.6. The predicted octanol–water partition coefficient (Wildman–Crippen LogP) is 3.91. The molecule has 3 aromatic rings. The van der Waals surface area contributed by atoms with Crippen LogP contribution < -0.4 is 4.74 Å². The SMILES string of the molecule is O=C(/C=C/c1cccc(CO)c1)OCc1ccc(OCc2ccncc2)cc1. The highest BCUT2D eigenvalue weighted by molar-refractivity contribution is 5.87. The standard InChI is InChI=1S/C23H21NO4/c25-15-21-3-1-2-18(14-21)6-9-23(26)28-17-19-4-7-22(8-5-19)27-16-20-10-12-24-13-11-20/h1-14,25H,15-17H2/b9-6+. The highest BCUT2D eigenvalue weighted by atomic mass is 16.5. The summed E-state index contributed by atoms with van der Waals surface area (Å²) in [5, 5.41) is 9.13. The lowest BCUT2D eigenvalue weighted by molar-refractivity contribution is -0.138. The summed E-state index contributed by atoms with van der Waals surface area (Å²) in [6.07, 6.45) is 6.50. The maximum atomic E-state index is 11.9. The summed E-state index contributed by atoms with van der Waals surface area (Å²) < 4.78 is 11.0. The third-order valence-corrected chi connectivity index (χ3v) is 4.00. The average Bonchev–Trinajstić information content (AvgIpc) is 2.76. The van der Waals surface area contributed by atoms with Gasteiger partial charge in [-0.2, -0.15) is 0 Å². The van der Waals surface area contributed by atoms with E-state index in [1.165, 1.54) is 6.08 Å². The van der Waals surface area contributed by atoms with Gasteiger partial charge in [0.2, 0.25) is 0 Å². The minimum absolute atomic E-state index is 0.0333. The molecular weight excluding hydrogens is 354 g/mol. The number of hydrogen-bond donors (Lipinski definition) is 1. The van der Waals surface area contributed by atoms with Crippen LogP contribution in [0.2, 0.25) is 0 Å². The molecule has 2 aromatic carbocycles. The number of carbonyl (C=O) groups is 1. The number of aromatic nitrogens is 1. The number of aliphatic hydroxyl groups is 1. The van der Waals surface area contributed by atoms with Crippen LogP contribution in [0.4, 0.5) is 0 Å². The van der Waals surface area contributed by atoms with Crippen LogP contribution in [0.1, 0.15) is 22.3 Å². The van der Waals surface area contributed by atoms with E-state index in [9.17, 15) is 4.79 Å². The molecule has 142 valence electrons. The van der Waals surface area contributed by atoms with Crippen molar-refractivity contribution in [1.82, 2.24) is 4.98 Å². The molecule has 0 fully saturated rings. The van der Waals surface area contributed by atoms with Gasteiger partial charge < -0.3 is 14.6 Å². The number of hydrogen-bond acceptors (Lipinski definition) is 5. The minimum atomic E-state index is -0.424. The number of pyridine rings is 1. The number of ether oxygens (including phenoxy) is 2. The topological polar surface area (TPSA) is 68.7 Å². The van der Waals surface area contributed by atoms with Crippen molar-refractivity contribution in [2.24, 2.45) is 0 Å². The van der Waals surface area contributed by atoms with Crippen LogP contribution in [0, 0.1) is 0 Å². The number of aliphatic hydroxyl groups excluding tert-OH is 1. The van der Waals surface area contributed by atoms with E-state index in [-0.39, 0.29) is 13.2 Å². The molecule has 28 heavy (non-hydrogen) atoms. The zero-order valence-electron chi connectivity index (χ0n) is 15.3. The number of carbonyl (C=O) groups excluding carboxylic acids is 1. The van der Waals surface area contributed by atoms with Gasteiger partial charge in [-0.1, -0.05) is 30.3 Å². The second-order valence-electron chi connectivity index (χ2n) is 6.13. The van der Waals surface area contributed by atoms with Crippen LogP contribution in [-0.2, 0) is 29.4 Å². The van der Waals surface area contributed by atoms with Gasteiger partial charge in [-0.25, -0.2) is 4.79 Å². The van der Waals surface area contributed by atoms with Crippen LogP contribution in [-0.4, -0.2) is 16.1 Å². The number of benzene rings is 2. The van der Waals surface area contributed by atoms with E-state index >= 15 is 0 Å². The minimum Gasteiger partial charge on any atom is -0.489 e. The molecule has 0 saturated heterocycles. The van der Waals surface area contributed by atoms with Crippen LogP contribution in [0.5, 0.6) is 5.75 Å². The summed E-state index contributed by atoms with van der Waals surface area (Å²) in [4.78, 5) is 15.9. The molecule has 3 rings (SSSR count). The summed E-state index contributed by atoms with van der Waals surface area (Å²) in [5.74, 6) is 0.322. The maximum Gasteiger partial charge on any atom is 0.331 e. The molecule has 5 heteroatoms. The lowest BCUT2D eigenvalue weighted by Gasteiger charge is -2.07. The molecule has 0 spiro atoms. The Morgan fingerprint density at radius 2 is 1.68 bits per heavy atom. The molecule has 0 aliphatic heterocycles. The summed E-state index contributed by atoms with van der Waals surface area (Å²) in [6, 6.07) is 18.5. The molecule has 5 nitrogen and oxygen atoms in total. The van der Waals surface area contributed by atoms with Crippen molar-refractivity contribution < 1.29 is 19.4 Å². The Balaban J connectivity index is 1.46. The van der Waals surface area contributed by atoms with E-state index in [4.69, 9.17) is 14.6 Å². The largest absolute Gasteiger partial charge is 0.489 e. The molecule has 0 radical (unpaired) electrons. The molecule has 0 aliphatic rings. The number of rotatable bonds is 8. The van der Waals surface area contributed by atoms with E-state index in [0.717, 1.165) is 28.0 Å². The van der Waals surface area contributed by atoms with Crippen molar-refractivity contribution in [3.63, 3.8) is 0 Å². The van der Waals surface area contributed by atoms with Crippen molar-refractivity contribution in [3.05, 3.63) is 101 Å². The monoisotopic (exact) mass is 375 g/mol. The molecule has 0 aliphatic carbocycles. The summed E-state index contributed by atoms with van der Waals surface area (Å²) in [6.45, 7) is 0.623.